The SMILES string of the molecule is CCNC(=NCc1nc(C)c(C)o1)NCC(O)c1ccco1.I. The van der Waals surface area contributed by atoms with Crippen molar-refractivity contribution < 1.29 is 13.9 Å². The van der Waals surface area contributed by atoms with Gasteiger partial charge in [0, 0.05) is 6.54 Å². The third-order valence-corrected chi connectivity index (χ3v) is 3.12. The monoisotopic (exact) mass is 434 g/mol. The molecule has 2 aromatic rings. The average Bonchev–Trinajstić information content (AvgIpc) is 3.12. The van der Waals surface area contributed by atoms with Crippen LogP contribution in [-0.2, 0) is 6.54 Å². The first-order chi connectivity index (χ1) is 10.6. The minimum absolute atomic E-state index is 0. The Morgan fingerprint density at radius 2 is 2.17 bits per heavy atom. The van der Waals surface area contributed by atoms with Crippen molar-refractivity contribution in [1.29, 1.82) is 0 Å². The van der Waals surface area contributed by atoms with E-state index in [1.165, 1.54) is 6.26 Å². The molecular formula is C15H23IN4O3. The fourth-order valence-corrected chi connectivity index (χ4v) is 1.87. The summed E-state index contributed by atoms with van der Waals surface area (Å²) in [5.74, 6) is 2.47. The molecule has 1 unspecified atom stereocenters. The molecule has 8 heteroatoms. The molecule has 0 aliphatic rings. The topological polar surface area (TPSA) is 95.8 Å². The maximum Gasteiger partial charge on any atom is 0.216 e. The Kier molecular flexibility index (Phi) is 8.10. The Morgan fingerprint density at radius 3 is 2.74 bits per heavy atom. The smallest absolute Gasteiger partial charge is 0.216 e. The van der Waals surface area contributed by atoms with Gasteiger partial charge in [-0.2, -0.15) is 0 Å². The van der Waals surface area contributed by atoms with Crippen LogP contribution in [0.1, 0.15) is 36.1 Å². The molecule has 3 N–H and O–H groups in total. The van der Waals surface area contributed by atoms with Crippen molar-refractivity contribution in [3.8, 4) is 0 Å². The number of hydrogen-bond donors (Lipinski definition) is 3. The van der Waals surface area contributed by atoms with Crippen LogP contribution in [0.5, 0.6) is 0 Å². The first-order valence-corrected chi connectivity index (χ1v) is 7.26. The lowest BCUT2D eigenvalue weighted by Gasteiger charge is -2.13. The standard InChI is InChI=1S/C15H22N4O3.HI/c1-4-16-15(17-8-12(20)13-6-5-7-21-13)18-9-14-19-10(2)11(3)22-14;/h5-7,12,20H,4,8-9H2,1-3H3,(H2,16,17,18);1H. The molecule has 1 atom stereocenters. The molecular weight excluding hydrogens is 411 g/mol. The molecule has 0 spiro atoms. The number of aliphatic imine (C=N–C) groups is 1. The maximum absolute atomic E-state index is 9.98. The molecule has 0 fully saturated rings. The Labute approximate surface area is 152 Å². The van der Waals surface area contributed by atoms with Gasteiger partial charge in [0.05, 0.1) is 18.5 Å². The van der Waals surface area contributed by atoms with E-state index >= 15 is 0 Å². The number of halogens is 1. The summed E-state index contributed by atoms with van der Waals surface area (Å²) in [6.45, 7) is 7.09. The highest BCUT2D eigenvalue weighted by atomic mass is 127. The number of rotatable bonds is 6. The lowest BCUT2D eigenvalue weighted by atomic mass is 10.3. The van der Waals surface area contributed by atoms with E-state index in [9.17, 15) is 5.11 Å². The predicted molar refractivity (Wildman–Crippen MR) is 97.9 cm³/mol. The highest BCUT2D eigenvalue weighted by molar-refractivity contribution is 14.0. The molecule has 23 heavy (non-hydrogen) atoms. The third kappa shape index (κ3) is 5.87. The minimum atomic E-state index is -0.731. The molecule has 128 valence electrons. The lowest BCUT2D eigenvalue weighted by Crippen LogP contribution is -2.39. The Hall–Kier alpha value is -1.55. The van der Waals surface area contributed by atoms with Gasteiger partial charge in [-0.3, -0.25) is 0 Å². The number of aromatic nitrogens is 1. The number of nitrogens with zero attached hydrogens (tertiary/aromatic N) is 2. The summed E-state index contributed by atoms with van der Waals surface area (Å²) in [4.78, 5) is 8.67. The number of furan rings is 1. The fourth-order valence-electron chi connectivity index (χ4n) is 1.87. The molecule has 0 aromatic carbocycles. The van der Waals surface area contributed by atoms with E-state index in [1.54, 1.807) is 12.1 Å². The van der Waals surface area contributed by atoms with Crippen molar-refractivity contribution in [2.45, 2.75) is 33.4 Å². The second-order valence-corrected chi connectivity index (χ2v) is 4.86. The van der Waals surface area contributed by atoms with Crippen LogP contribution in [0.2, 0.25) is 0 Å². The van der Waals surface area contributed by atoms with E-state index in [0.29, 0.717) is 37.2 Å². The molecule has 2 rings (SSSR count). The van der Waals surface area contributed by atoms with Crippen LogP contribution >= 0.6 is 24.0 Å². The van der Waals surface area contributed by atoms with Gasteiger partial charge in [-0.1, -0.05) is 0 Å². The Balaban J connectivity index is 0.00000264. The number of aliphatic hydroxyl groups is 1. The van der Waals surface area contributed by atoms with Crippen molar-refractivity contribution in [3.63, 3.8) is 0 Å². The van der Waals surface area contributed by atoms with Crippen molar-refractivity contribution in [1.82, 2.24) is 15.6 Å². The minimum Gasteiger partial charge on any atom is -0.467 e. The summed E-state index contributed by atoms with van der Waals surface area (Å²) in [6.07, 6.45) is 0.801. The quantitative estimate of drug-likeness (QED) is 0.367. The molecule has 7 nitrogen and oxygen atoms in total. The van der Waals surface area contributed by atoms with E-state index in [-0.39, 0.29) is 24.0 Å². The highest BCUT2D eigenvalue weighted by Crippen LogP contribution is 2.11. The average molecular weight is 434 g/mol. The fraction of sp³-hybridized carbons (Fsp3) is 0.467. The zero-order chi connectivity index (χ0) is 15.9. The van der Waals surface area contributed by atoms with E-state index < -0.39 is 6.10 Å². The summed E-state index contributed by atoms with van der Waals surface area (Å²) in [5.41, 5.74) is 0.872. The second kappa shape index (κ2) is 9.56. The number of guanidine groups is 1. The van der Waals surface area contributed by atoms with Gasteiger partial charge in [-0.25, -0.2) is 9.98 Å². The first-order valence-electron chi connectivity index (χ1n) is 7.26. The van der Waals surface area contributed by atoms with Crippen LogP contribution < -0.4 is 10.6 Å². The zero-order valence-electron chi connectivity index (χ0n) is 13.5. The number of hydrogen-bond acceptors (Lipinski definition) is 5. The van der Waals surface area contributed by atoms with Crippen LogP contribution in [0.25, 0.3) is 0 Å². The molecule has 0 aliphatic carbocycles. The summed E-state index contributed by atoms with van der Waals surface area (Å²) in [6, 6.07) is 3.47. The second-order valence-electron chi connectivity index (χ2n) is 4.86. The lowest BCUT2D eigenvalue weighted by molar-refractivity contribution is 0.153. The Morgan fingerprint density at radius 1 is 1.39 bits per heavy atom. The van der Waals surface area contributed by atoms with E-state index in [0.717, 1.165) is 11.5 Å². The van der Waals surface area contributed by atoms with Gasteiger partial charge in [-0.15, -0.1) is 24.0 Å². The molecule has 0 aliphatic heterocycles. The third-order valence-electron chi connectivity index (χ3n) is 3.12. The summed E-state index contributed by atoms with van der Waals surface area (Å²) in [5, 5.41) is 16.1. The molecule has 0 bridgehead atoms. The van der Waals surface area contributed by atoms with Gasteiger partial charge >= 0.3 is 0 Å². The van der Waals surface area contributed by atoms with Crippen LogP contribution in [0, 0.1) is 13.8 Å². The van der Waals surface area contributed by atoms with Gasteiger partial charge in [-0.05, 0) is 32.9 Å². The maximum atomic E-state index is 9.98. The zero-order valence-corrected chi connectivity index (χ0v) is 15.8. The van der Waals surface area contributed by atoms with Gasteiger partial charge in [0.1, 0.15) is 24.2 Å². The molecule has 0 saturated heterocycles. The van der Waals surface area contributed by atoms with Crippen LogP contribution in [-0.4, -0.2) is 29.1 Å². The first kappa shape index (κ1) is 19.5. The number of aryl methyl sites for hydroxylation is 2. The van der Waals surface area contributed by atoms with Crippen molar-refractivity contribution in [3.05, 3.63) is 41.5 Å². The van der Waals surface area contributed by atoms with E-state index in [4.69, 9.17) is 8.83 Å². The molecule has 2 heterocycles. The summed E-state index contributed by atoms with van der Waals surface area (Å²) in [7, 11) is 0. The van der Waals surface area contributed by atoms with Gasteiger partial charge < -0.3 is 24.6 Å². The van der Waals surface area contributed by atoms with E-state index in [1.807, 2.05) is 20.8 Å². The summed E-state index contributed by atoms with van der Waals surface area (Å²) < 4.78 is 10.6. The largest absolute Gasteiger partial charge is 0.467 e. The molecule has 2 aromatic heterocycles. The van der Waals surface area contributed by atoms with Crippen molar-refractivity contribution in [2.24, 2.45) is 4.99 Å². The van der Waals surface area contributed by atoms with Gasteiger partial charge in [0.15, 0.2) is 5.96 Å². The van der Waals surface area contributed by atoms with Gasteiger partial charge in [0.2, 0.25) is 5.89 Å². The normalized spacial score (nSPS) is 12.6. The van der Waals surface area contributed by atoms with Crippen LogP contribution in [0.4, 0.5) is 0 Å². The predicted octanol–water partition coefficient (Wildman–Crippen LogP) is 2.29. The summed E-state index contributed by atoms with van der Waals surface area (Å²) >= 11 is 0. The molecule has 0 radical (unpaired) electrons. The van der Waals surface area contributed by atoms with Crippen molar-refractivity contribution >= 4 is 29.9 Å². The highest BCUT2D eigenvalue weighted by Gasteiger charge is 2.11. The molecule has 0 amide bonds. The Bertz CT molecular complexity index is 591. The van der Waals surface area contributed by atoms with E-state index in [2.05, 4.69) is 20.6 Å². The van der Waals surface area contributed by atoms with Gasteiger partial charge in [0.25, 0.3) is 0 Å². The number of nitrogens with one attached hydrogen (secondary N) is 2. The van der Waals surface area contributed by atoms with Crippen LogP contribution in [0.3, 0.4) is 0 Å². The number of oxazole rings is 1. The van der Waals surface area contributed by atoms with Crippen LogP contribution in [0.15, 0.2) is 32.2 Å². The number of aliphatic hydroxyl groups excluding tert-OH is 1. The molecule has 0 saturated carbocycles. The van der Waals surface area contributed by atoms with Crippen molar-refractivity contribution in [2.75, 3.05) is 13.1 Å².